The van der Waals surface area contributed by atoms with Gasteiger partial charge in [0.15, 0.2) is 0 Å². The van der Waals surface area contributed by atoms with Crippen LogP contribution in [0.1, 0.15) is 244 Å². The molecule has 11 rings (SSSR count). The third-order valence-corrected chi connectivity index (χ3v) is 24.0. The summed E-state index contributed by atoms with van der Waals surface area (Å²) in [6, 6.07) is 2.99. The molecule has 0 aromatic heterocycles. The number of nitriles is 1. The third kappa shape index (κ3) is 9.64. The third-order valence-electron chi connectivity index (χ3n) is 24.0. The Bertz CT molecular complexity index is 1530. The number of fused-ring (bicyclic) bond motifs is 4. The van der Waals surface area contributed by atoms with E-state index in [2.05, 4.69) is 23.1 Å². The van der Waals surface area contributed by atoms with Crippen molar-refractivity contribution in [2.75, 3.05) is 0 Å². The average molecular weight is 896 g/mol. The lowest BCUT2D eigenvalue weighted by Gasteiger charge is -2.60. The van der Waals surface area contributed by atoms with Crippen molar-refractivity contribution < 1.29 is 0 Å². The van der Waals surface area contributed by atoms with Gasteiger partial charge in [0.2, 0.25) is 6.04 Å². The van der Waals surface area contributed by atoms with E-state index in [1.54, 1.807) is 51.4 Å². The highest BCUT2D eigenvalue weighted by Gasteiger charge is 2.56. The first-order valence-corrected chi connectivity index (χ1v) is 30.9. The maximum Gasteiger partial charge on any atom is 0.223 e. The summed E-state index contributed by atoms with van der Waals surface area (Å²) in [4.78, 5) is 4.06. The lowest BCUT2D eigenvalue weighted by atomic mass is 9.45. The SMILES string of the molecule is [C-]#[N+]C1CCC(/C(=C/C2C3CCCCC3C(C3CCC(C4C5CCCCC5C(/C=C(/C5CCCCC5)C5CCC(C#N)CC5)C5CCCCC54)CC3)C3CCCCC23)C2CCCCC2)CC1. The second-order valence-electron chi connectivity index (χ2n) is 26.7. The van der Waals surface area contributed by atoms with Crippen LogP contribution in [0.3, 0.4) is 0 Å². The lowest BCUT2D eigenvalue weighted by molar-refractivity contribution is -0.0967. The molecule has 0 aromatic carbocycles. The summed E-state index contributed by atoms with van der Waals surface area (Å²) >= 11 is 0. The van der Waals surface area contributed by atoms with Gasteiger partial charge in [-0.1, -0.05) is 113 Å². The first-order chi connectivity index (χ1) is 32.7. The maximum absolute atomic E-state index is 9.84. The minimum absolute atomic E-state index is 0.307. The molecule has 2 heteroatoms. The first-order valence-electron chi connectivity index (χ1n) is 30.9. The molecule has 0 bridgehead atoms. The molecule has 11 saturated carbocycles. The highest BCUT2D eigenvalue weighted by molar-refractivity contribution is 5.21. The first kappa shape index (κ1) is 46.8. The van der Waals surface area contributed by atoms with Gasteiger partial charge in [0.1, 0.15) is 0 Å². The van der Waals surface area contributed by atoms with Crippen molar-refractivity contribution in [3.8, 4) is 6.07 Å². The molecular formula is C64H98N2. The van der Waals surface area contributed by atoms with E-state index in [0.717, 1.165) is 119 Å². The maximum atomic E-state index is 9.84. The van der Waals surface area contributed by atoms with Crippen LogP contribution in [0.4, 0.5) is 0 Å². The van der Waals surface area contributed by atoms with E-state index in [0.29, 0.717) is 12.0 Å². The van der Waals surface area contributed by atoms with Crippen molar-refractivity contribution in [1.29, 1.82) is 5.26 Å². The molecule has 2 nitrogen and oxygen atoms in total. The van der Waals surface area contributed by atoms with Crippen LogP contribution < -0.4 is 0 Å². The van der Waals surface area contributed by atoms with Gasteiger partial charge in [-0.15, -0.1) is 0 Å². The summed E-state index contributed by atoms with van der Waals surface area (Å²) < 4.78 is 0. The Kier molecular flexibility index (Phi) is 15.5. The predicted molar refractivity (Wildman–Crippen MR) is 274 cm³/mol. The van der Waals surface area contributed by atoms with Crippen molar-refractivity contribution in [2.24, 2.45) is 112 Å². The molecule has 0 spiro atoms. The summed E-state index contributed by atoms with van der Waals surface area (Å²) in [6.45, 7) is 7.81. The quantitative estimate of drug-likeness (QED) is 0.176. The summed E-state index contributed by atoms with van der Waals surface area (Å²) in [5.74, 6) is 17.3. The van der Waals surface area contributed by atoms with Gasteiger partial charge in [-0.3, -0.25) is 0 Å². The Morgan fingerprint density at radius 3 is 0.985 bits per heavy atom. The molecule has 0 saturated heterocycles. The highest BCUT2D eigenvalue weighted by atomic mass is 14.7. The standard InChI is InChI=1S/C64H98N2/c1-66-50-38-36-47(37-39-50)60(45-18-6-3-7-19-45)41-62-53-22-10-14-26-57(53)64(58-27-15-11-23-54(58)62)49-34-32-48(33-35-49)63-55-24-12-8-20-51(55)61(52-21-9-13-25-56(52)63)40-59(44-16-4-2-5-17-44)46-30-28-43(42-65)29-31-46/h40-41,43-58,61-64H,2-39H2/b59-40-,60-41+. The number of allylic oxidation sites excluding steroid dienone is 4. The predicted octanol–water partition coefficient (Wildman–Crippen LogP) is 18.3. The molecule has 11 aliphatic rings. The van der Waals surface area contributed by atoms with Gasteiger partial charge in [-0.25, -0.2) is 6.57 Å². The van der Waals surface area contributed by atoms with Crippen LogP contribution in [0.5, 0.6) is 0 Å². The topological polar surface area (TPSA) is 28.1 Å². The van der Waals surface area contributed by atoms with Gasteiger partial charge >= 0.3 is 0 Å². The Labute approximate surface area is 406 Å². The largest absolute Gasteiger partial charge is 0.314 e. The average Bonchev–Trinajstić information content (AvgIpc) is 3.39. The molecule has 0 heterocycles. The summed E-state index contributed by atoms with van der Waals surface area (Å²) in [5.41, 5.74) is 3.93. The van der Waals surface area contributed by atoms with Crippen LogP contribution in [0.25, 0.3) is 4.85 Å². The Morgan fingerprint density at radius 1 is 0.348 bits per heavy atom. The fourth-order valence-corrected chi connectivity index (χ4v) is 21.3. The number of hydrogen-bond acceptors (Lipinski definition) is 1. The van der Waals surface area contributed by atoms with Gasteiger partial charge in [-0.2, -0.15) is 5.26 Å². The summed E-state index contributed by atoms with van der Waals surface area (Å²) in [6.07, 6.45) is 61.6. The molecule has 8 unspecified atom stereocenters. The smallest absolute Gasteiger partial charge is 0.223 e. The van der Waals surface area contributed by atoms with Crippen LogP contribution in [0.15, 0.2) is 23.3 Å². The molecule has 8 atom stereocenters. The van der Waals surface area contributed by atoms with E-state index in [1.165, 1.54) is 180 Å². The monoisotopic (exact) mass is 895 g/mol. The minimum Gasteiger partial charge on any atom is -0.314 e. The molecule has 0 aromatic rings. The van der Waals surface area contributed by atoms with E-state index in [1.807, 2.05) is 11.1 Å². The van der Waals surface area contributed by atoms with E-state index >= 15 is 0 Å². The fourth-order valence-electron chi connectivity index (χ4n) is 21.3. The van der Waals surface area contributed by atoms with E-state index < -0.39 is 0 Å². The number of hydrogen-bond donors (Lipinski definition) is 0. The summed E-state index contributed by atoms with van der Waals surface area (Å²) in [7, 11) is 0. The van der Waals surface area contributed by atoms with E-state index in [9.17, 15) is 5.26 Å². The molecule has 11 fully saturated rings. The zero-order valence-electron chi connectivity index (χ0n) is 42.5. The van der Waals surface area contributed by atoms with Crippen LogP contribution in [0, 0.1) is 130 Å². The van der Waals surface area contributed by atoms with Crippen molar-refractivity contribution in [1.82, 2.24) is 0 Å². The normalized spacial score (nSPS) is 46.6. The van der Waals surface area contributed by atoms with E-state index in [4.69, 9.17) is 6.57 Å². The second kappa shape index (κ2) is 21.8. The fraction of sp³-hybridized carbons (Fsp3) is 0.906. The lowest BCUT2D eigenvalue weighted by Crippen LogP contribution is -2.53. The molecule has 0 aliphatic heterocycles. The van der Waals surface area contributed by atoms with Crippen LogP contribution in [-0.4, -0.2) is 6.04 Å². The molecule has 66 heavy (non-hydrogen) atoms. The van der Waals surface area contributed by atoms with Crippen molar-refractivity contribution in [3.63, 3.8) is 0 Å². The molecule has 11 aliphatic carbocycles. The van der Waals surface area contributed by atoms with Gasteiger partial charge in [0.25, 0.3) is 0 Å². The highest BCUT2D eigenvalue weighted by Crippen LogP contribution is 2.64. The van der Waals surface area contributed by atoms with Crippen molar-refractivity contribution >= 4 is 0 Å². The zero-order valence-corrected chi connectivity index (χ0v) is 42.5. The van der Waals surface area contributed by atoms with Gasteiger partial charge in [0, 0.05) is 18.8 Å². The Hall–Kier alpha value is -1.54. The van der Waals surface area contributed by atoms with Crippen LogP contribution in [0.2, 0.25) is 0 Å². The minimum atomic E-state index is 0.307. The van der Waals surface area contributed by atoms with Crippen LogP contribution in [-0.2, 0) is 0 Å². The zero-order chi connectivity index (χ0) is 44.4. The van der Waals surface area contributed by atoms with Crippen molar-refractivity contribution in [2.45, 2.75) is 250 Å². The Morgan fingerprint density at radius 2 is 0.652 bits per heavy atom. The van der Waals surface area contributed by atoms with Gasteiger partial charge in [-0.05, 0) is 248 Å². The van der Waals surface area contributed by atoms with Gasteiger partial charge < -0.3 is 4.85 Å². The Balaban J connectivity index is 0.835. The molecular weight excluding hydrogens is 797 g/mol. The molecule has 0 N–H and O–H groups in total. The molecule has 0 radical (unpaired) electrons. The van der Waals surface area contributed by atoms with E-state index in [-0.39, 0.29) is 0 Å². The number of rotatable bonds is 8. The number of nitrogens with zero attached hydrogens (tertiary/aromatic N) is 2. The second-order valence-corrected chi connectivity index (χ2v) is 26.7. The van der Waals surface area contributed by atoms with Crippen molar-refractivity contribution in [3.05, 3.63) is 34.7 Å². The van der Waals surface area contributed by atoms with Crippen LogP contribution >= 0.6 is 0 Å². The molecule has 0 amide bonds. The summed E-state index contributed by atoms with van der Waals surface area (Å²) in [5, 5.41) is 9.84. The van der Waals surface area contributed by atoms with Gasteiger partial charge in [0.05, 0.1) is 6.07 Å². The molecule has 364 valence electrons.